The van der Waals surface area contributed by atoms with Crippen LogP contribution in [0.2, 0.25) is 0 Å². The first-order valence-corrected chi connectivity index (χ1v) is 9.45. The van der Waals surface area contributed by atoms with E-state index in [0.29, 0.717) is 24.4 Å². The smallest absolute Gasteiger partial charge is 0.434 e. The Morgan fingerprint density at radius 2 is 2.07 bits per heavy atom. The first-order chi connectivity index (χ1) is 12.7. The topological polar surface area (TPSA) is 77.7 Å². The Hall–Kier alpha value is -2.23. The lowest BCUT2D eigenvalue weighted by atomic mass is 10.0. The average Bonchev–Trinajstić information content (AvgIpc) is 2.99. The van der Waals surface area contributed by atoms with Gasteiger partial charge >= 0.3 is 6.09 Å². The monoisotopic (exact) mass is 370 g/mol. The Bertz CT molecular complexity index is 698. The van der Waals surface area contributed by atoms with Crippen LogP contribution in [0.3, 0.4) is 0 Å². The van der Waals surface area contributed by atoms with Gasteiger partial charge in [0.2, 0.25) is 0 Å². The standard InChI is InChI=1S/C21H30N4O2/c1-21(2,3)27-20(26)24-18(9-11-23-19-10-12-25(4)15-19)13-16-5-7-17(14-22)8-6-16/h5-8,19,23H,9-13,15H2,1-4H3/t19-/m1/s1. The Morgan fingerprint density at radius 1 is 1.37 bits per heavy atom. The van der Waals surface area contributed by atoms with Gasteiger partial charge < -0.3 is 15.0 Å². The minimum absolute atomic E-state index is 0.493. The molecule has 6 nitrogen and oxygen atoms in total. The van der Waals surface area contributed by atoms with E-state index < -0.39 is 11.7 Å². The van der Waals surface area contributed by atoms with Crippen LogP contribution >= 0.6 is 0 Å². The maximum absolute atomic E-state index is 12.1. The van der Waals surface area contributed by atoms with E-state index >= 15 is 0 Å². The maximum Gasteiger partial charge on any atom is 0.434 e. The lowest BCUT2D eigenvalue weighted by Gasteiger charge is -2.18. The van der Waals surface area contributed by atoms with E-state index in [4.69, 9.17) is 10.00 Å². The average molecular weight is 370 g/mol. The molecule has 1 aliphatic heterocycles. The molecule has 1 fully saturated rings. The van der Waals surface area contributed by atoms with Gasteiger partial charge in [-0.3, -0.25) is 0 Å². The van der Waals surface area contributed by atoms with Crippen LogP contribution in [-0.4, -0.2) is 55.0 Å². The fourth-order valence-electron chi connectivity index (χ4n) is 3.05. The van der Waals surface area contributed by atoms with Gasteiger partial charge in [-0.2, -0.15) is 10.3 Å². The second-order valence-corrected chi connectivity index (χ2v) is 8.10. The first-order valence-electron chi connectivity index (χ1n) is 9.45. The number of aliphatic imine (C=N–C) groups is 1. The van der Waals surface area contributed by atoms with Crippen LogP contribution in [-0.2, 0) is 11.2 Å². The summed E-state index contributed by atoms with van der Waals surface area (Å²) in [6, 6.07) is 9.99. The predicted molar refractivity (Wildman–Crippen MR) is 107 cm³/mol. The Morgan fingerprint density at radius 3 is 2.63 bits per heavy atom. The van der Waals surface area contributed by atoms with Crippen molar-refractivity contribution < 1.29 is 9.53 Å². The summed E-state index contributed by atoms with van der Waals surface area (Å²) in [7, 11) is 2.13. The van der Waals surface area contributed by atoms with Crippen molar-refractivity contribution in [3.05, 3.63) is 35.4 Å². The van der Waals surface area contributed by atoms with E-state index in [2.05, 4.69) is 28.3 Å². The molecule has 1 amide bonds. The number of carbonyl (C=O) groups is 1. The maximum atomic E-state index is 12.1. The SMILES string of the molecule is CN1CC[C@@H](NCCC(Cc2ccc(C#N)cc2)=NC(=O)OC(C)(C)C)C1. The van der Waals surface area contributed by atoms with Crippen molar-refractivity contribution in [2.75, 3.05) is 26.7 Å². The van der Waals surface area contributed by atoms with Crippen molar-refractivity contribution in [2.45, 2.75) is 51.7 Å². The van der Waals surface area contributed by atoms with E-state index in [9.17, 15) is 4.79 Å². The minimum Gasteiger partial charge on any atom is -0.442 e. The highest BCUT2D eigenvalue weighted by molar-refractivity contribution is 5.94. The molecule has 1 saturated heterocycles. The van der Waals surface area contributed by atoms with Crippen LogP contribution in [0.5, 0.6) is 0 Å². The molecule has 1 aliphatic rings. The highest BCUT2D eigenvalue weighted by Gasteiger charge is 2.19. The number of ether oxygens (including phenoxy) is 1. The lowest BCUT2D eigenvalue weighted by molar-refractivity contribution is 0.0603. The molecule has 146 valence electrons. The normalized spacial score (nSPS) is 18.3. The molecule has 6 heteroatoms. The summed E-state index contributed by atoms with van der Waals surface area (Å²) in [5.41, 5.74) is 1.87. The molecule has 0 unspecified atom stereocenters. The molecule has 2 rings (SSSR count). The van der Waals surface area contributed by atoms with Gasteiger partial charge in [-0.25, -0.2) is 4.79 Å². The van der Waals surface area contributed by atoms with Crippen LogP contribution in [0, 0.1) is 11.3 Å². The van der Waals surface area contributed by atoms with E-state index in [0.717, 1.165) is 37.3 Å². The molecule has 0 saturated carbocycles. The van der Waals surface area contributed by atoms with Crippen molar-refractivity contribution in [1.29, 1.82) is 5.26 Å². The number of likely N-dealkylation sites (tertiary alicyclic amines) is 1. The third kappa shape index (κ3) is 7.90. The third-order valence-electron chi connectivity index (χ3n) is 4.37. The number of amides is 1. The Kier molecular flexibility index (Phi) is 7.52. The van der Waals surface area contributed by atoms with Crippen LogP contribution in [0.15, 0.2) is 29.3 Å². The summed E-state index contributed by atoms with van der Waals surface area (Å²) in [4.78, 5) is 18.7. The predicted octanol–water partition coefficient (Wildman–Crippen LogP) is 3.16. The third-order valence-corrected chi connectivity index (χ3v) is 4.37. The zero-order chi connectivity index (χ0) is 19.9. The number of nitrogens with zero attached hydrogens (tertiary/aromatic N) is 3. The second-order valence-electron chi connectivity index (χ2n) is 8.10. The highest BCUT2D eigenvalue weighted by atomic mass is 16.6. The van der Waals surface area contributed by atoms with Crippen molar-refractivity contribution in [2.24, 2.45) is 4.99 Å². The van der Waals surface area contributed by atoms with Crippen molar-refractivity contribution in [1.82, 2.24) is 10.2 Å². The summed E-state index contributed by atoms with van der Waals surface area (Å²) >= 11 is 0. The molecule has 0 aromatic heterocycles. The molecule has 1 N–H and O–H groups in total. The largest absolute Gasteiger partial charge is 0.442 e. The van der Waals surface area contributed by atoms with Gasteiger partial charge in [0.1, 0.15) is 5.60 Å². The Balaban J connectivity index is 2.00. The van der Waals surface area contributed by atoms with Crippen LogP contribution in [0.25, 0.3) is 0 Å². The summed E-state index contributed by atoms with van der Waals surface area (Å²) in [6.45, 7) is 8.43. The molecule has 0 aliphatic carbocycles. The fraction of sp³-hybridized carbons (Fsp3) is 0.571. The molecule has 0 spiro atoms. The van der Waals surface area contributed by atoms with Gasteiger partial charge in [0.15, 0.2) is 0 Å². The van der Waals surface area contributed by atoms with Crippen molar-refractivity contribution in [3.63, 3.8) is 0 Å². The molecule has 1 atom stereocenters. The summed E-state index contributed by atoms with van der Waals surface area (Å²) < 4.78 is 5.34. The second kappa shape index (κ2) is 9.63. The molecule has 27 heavy (non-hydrogen) atoms. The molecule has 1 heterocycles. The van der Waals surface area contributed by atoms with E-state index in [-0.39, 0.29) is 0 Å². The lowest BCUT2D eigenvalue weighted by Crippen LogP contribution is -2.33. The molecular weight excluding hydrogens is 340 g/mol. The summed E-state index contributed by atoms with van der Waals surface area (Å²) in [6.07, 6.45) is 1.84. The van der Waals surface area contributed by atoms with Gasteiger partial charge in [-0.15, -0.1) is 0 Å². The number of carbonyl (C=O) groups excluding carboxylic acids is 1. The fourth-order valence-corrected chi connectivity index (χ4v) is 3.05. The van der Waals surface area contributed by atoms with Gasteiger partial charge in [0, 0.05) is 31.3 Å². The zero-order valence-corrected chi connectivity index (χ0v) is 16.8. The number of hydrogen-bond donors (Lipinski definition) is 1. The van der Waals surface area contributed by atoms with Crippen LogP contribution in [0.1, 0.15) is 44.7 Å². The van der Waals surface area contributed by atoms with E-state index in [1.54, 1.807) is 12.1 Å². The minimum atomic E-state index is -0.563. The van der Waals surface area contributed by atoms with Crippen LogP contribution in [0.4, 0.5) is 4.79 Å². The quantitative estimate of drug-likeness (QED) is 0.778. The number of hydrogen-bond acceptors (Lipinski definition) is 5. The Labute approximate surface area is 162 Å². The molecule has 0 radical (unpaired) electrons. The van der Waals surface area contributed by atoms with Crippen LogP contribution < -0.4 is 5.32 Å². The molecule has 1 aromatic carbocycles. The first kappa shape index (κ1) is 21.1. The van der Waals surface area contributed by atoms with Gasteiger partial charge in [-0.05, 0) is 64.9 Å². The van der Waals surface area contributed by atoms with Gasteiger partial charge in [0.25, 0.3) is 0 Å². The van der Waals surface area contributed by atoms with Gasteiger partial charge in [-0.1, -0.05) is 12.1 Å². The number of benzene rings is 1. The van der Waals surface area contributed by atoms with E-state index in [1.807, 2.05) is 32.9 Å². The summed E-state index contributed by atoms with van der Waals surface area (Å²) in [5.74, 6) is 0. The zero-order valence-electron chi connectivity index (χ0n) is 16.8. The van der Waals surface area contributed by atoms with E-state index in [1.165, 1.54) is 0 Å². The molecular formula is C21H30N4O2. The number of rotatable bonds is 6. The number of likely N-dealkylation sites (N-methyl/N-ethyl adjacent to an activating group) is 1. The highest BCUT2D eigenvalue weighted by Crippen LogP contribution is 2.11. The van der Waals surface area contributed by atoms with Crippen molar-refractivity contribution in [3.8, 4) is 6.07 Å². The number of nitrogens with one attached hydrogen (secondary N) is 1. The van der Waals surface area contributed by atoms with Gasteiger partial charge in [0.05, 0.1) is 11.6 Å². The summed E-state index contributed by atoms with van der Waals surface area (Å²) in [5, 5.41) is 12.5. The van der Waals surface area contributed by atoms with Crippen molar-refractivity contribution >= 4 is 11.8 Å². The molecule has 1 aromatic rings. The number of nitriles is 1. The molecule has 0 bridgehead atoms.